The van der Waals surface area contributed by atoms with E-state index in [0.717, 1.165) is 71.5 Å². The van der Waals surface area contributed by atoms with Crippen molar-refractivity contribution in [1.29, 1.82) is 0 Å². The monoisotopic (exact) mass is 714 g/mol. The highest BCUT2D eigenvalue weighted by Crippen LogP contribution is 2.45. The Bertz CT molecular complexity index is 3470. The third-order valence-electron chi connectivity index (χ3n) is 11.2. The Morgan fingerprint density at radius 3 is 1.59 bits per heavy atom. The zero-order valence-electron chi connectivity index (χ0n) is 30.0. The second-order valence-corrected chi connectivity index (χ2v) is 14.3. The van der Waals surface area contributed by atoms with E-state index in [-0.39, 0.29) is 0 Å². The summed E-state index contributed by atoms with van der Waals surface area (Å²) < 4.78 is 8.90. The molecule has 5 heteroatoms. The smallest absolute Gasteiger partial charge is 0.164 e. The van der Waals surface area contributed by atoms with Crippen LogP contribution in [-0.4, -0.2) is 19.5 Å². The van der Waals surface area contributed by atoms with E-state index >= 15 is 0 Å². The summed E-state index contributed by atoms with van der Waals surface area (Å²) in [5.41, 5.74) is 7.76. The van der Waals surface area contributed by atoms with Crippen molar-refractivity contribution in [2.75, 3.05) is 0 Å². The number of nitrogens with zero attached hydrogens (tertiary/aromatic N) is 4. The van der Waals surface area contributed by atoms with E-state index < -0.39 is 0 Å². The van der Waals surface area contributed by atoms with Crippen LogP contribution in [0.3, 0.4) is 0 Å². The minimum atomic E-state index is 0.615. The second kappa shape index (κ2) is 11.9. The number of benzene rings is 9. The van der Waals surface area contributed by atoms with Gasteiger partial charge in [0, 0.05) is 43.9 Å². The molecule has 0 N–H and O–H groups in total. The second-order valence-electron chi connectivity index (χ2n) is 14.3. The van der Waals surface area contributed by atoms with Gasteiger partial charge >= 0.3 is 0 Å². The van der Waals surface area contributed by atoms with Crippen LogP contribution in [0.15, 0.2) is 186 Å². The molecule has 0 saturated heterocycles. The number of hydrogen-bond donors (Lipinski definition) is 0. The average molecular weight is 715 g/mol. The SMILES string of the molecule is c1ccc(-c2nc(-c3ccccc3)nc(-c3cc(-n4c5ccccc5c5ccc6oc7ccccc7c6c54)cc4c5ccccc5c5ccccc5c34)n2)cc1. The molecule has 260 valence electrons. The van der Waals surface area contributed by atoms with Crippen molar-refractivity contribution in [3.63, 3.8) is 0 Å². The molecule has 0 aliphatic rings. The van der Waals surface area contributed by atoms with Crippen LogP contribution in [0.25, 0.3) is 116 Å². The van der Waals surface area contributed by atoms with Gasteiger partial charge in [0.2, 0.25) is 0 Å². The molecule has 3 heterocycles. The lowest BCUT2D eigenvalue weighted by Crippen LogP contribution is -2.02. The molecular formula is C51H30N4O. The molecule has 12 rings (SSSR count). The van der Waals surface area contributed by atoms with E-state index in [1.165, 1.54) is 26.9 Å². The fraction of sp³-hybridized carbons (Fsp3) is 0. The van der Waals surface area contributed by atoms with Crippen LogP contribution in [0, 0.1) is 0 Å². The van der Waals surface area contributed by atoms with Gasteiger partial charge in [0.15, 0.2) is 17.5 Å². The Morgan fingerprint density at radius 1 is 0.357 bits per heavy atom. The molecule has 12 aromatic rings. The quantitative estimate of drug-likeness (QED) is 0.170. The highest BCUT2D eigenvalue weighted by atomic mass is 16.3. The fourth-order valence-electron chi connectivity index (χ4n) is 8.79. The van der Waals surface area contributed by atoms with Crippen LogP contribution >= 0.6 is 0 Å². The van der Waals surface area contributed by atoms with E-state index in [9.17, 15) is 0 Å². The van der Waals surface area contributed by atoms with Gasteiger partial charge in [0.05, 0.1) is 16.4 Å². The van der Waals surface area contributed by atoms with Gasteiger partial charge in [0.1, 0.15) is 11.2 Å². The predicted molar refractivity (Wildman–Crippen MR) is 230 cm³/mol. The van der Waals surface area contributed by atoms with Crippen LogP contribution in [0.2, 0.25) is 0 Å². The molecule has 9 aromatic carbocycles. The first-order chi connectivity index (χ1) is 27.8. The van der Waals surface area contributed by atoms with Gasteiger partial charge in [-0.2, -0.15) is 0 Å². The Hall–Kier alpha value is -7.63. The van der Waals surface area contributed by atoms with Gasteiger partial charge in [-0.25, -0.2) is 15.0 Å². The fourth-order valence-corrected chi connectivity index (χ4v) is 8.79. The minimum absolute atomic E-state index is 0.615. The first-order valence-corrected chi connectivity index (χ1v) is 18.9. The number of fused-ring (bicyclic) bond motifs is 13. The van der Waals surface area contributed by atoms with Gasteiger partial charge in [-0.1, -0.05) is 146 Å². The number of hydrogen-bond acceptors (Lipinski definition) is 4. The van der Waals surface area contributed by atoms with E-state index in [4.69, 9.17) is 19.4 Å². The van der Waals surface area contributed by atoms with Crippen molar-refractivity contribution >= 4 is 76.1 Å². The Morgan fingerprint density at radius 2 is 0.893 bits per heavy atom. The molecule has 0 radical (unpaired) electrons. The molecule has 0 aliphatic heterocycles. The van der Waals surface area contributed by atoms with E-state index in [2.05, 4.69) is 144 Å². The van der Waals surface area contributed by atoms with Crippen LogP contribution in [0.4, 0.5) is 0 Å². The molecule has 0 amide bonds. The molecule has 0 unspecified atom stereocenters. The van der Waals surface area contributed by atoms with Crippen molar-refractivity contribution < 1.29 is 4.42 Å². The highest BCUT2D eigenvalue weighted by molar-refractivity contribution is 6.29. The molecule has 0 atom stereocenters. The summed E-state index contributed by atoms with van der Waals surface area (Å²) in [6, 6.07) is 63.8. The van der Waals surface area contributed by atoms with Crippen LogP contribution in [0.1, 0.15) is 0 Å². The van der Waals surface area contributed by atoms with Gasteiger partial charge in [-0.15, -0.1) is 0 Å². The summed E-state index contributed by atoms with van der Waals surface area (Å²) in [5, 5.41) is 11.5. The Kier molecular flexibility index (Phi) is 6.56. The predicted octanol–water partition coefficient (Wildman–Crippen LogP) is 13.3. The van der Waals surface area contributed by atoms with E-state index in [0.29, 0.717) is 17.5 Å². The molecule has 0 aliphatic carbocycles. The normalized spacial score (nSPS) is 11.9. The molecular weight excluding hydrogens is 685 g/mol. The minimum Gasteiger partial charge on any atom is -0.456 e. The lowest BCUT2D eigenvalue weighted by atomic mass is 9.91. The number of furan rings is 1. The summed E-state index contributed by atoms with van der Waals surface area (Å²) >= 11 is 0. The zero-order valence-corrected chi connectivity index (χ0v) is 30.0. The van der Waals surface area contributed by atoms with Gasteiger partial charge < -0.3 is 8.98 Å². The summed E-state index contributed by atoms with van der Waals surface area (Å²) in [7, 11) is 0. The third kappa shape index (κ3) is 4.52. The maximum Gasteiger partial charge on any atom is 0.164 e. The maximum atomic E-state index is 6.49. The topological polar surface area (TPSA) is 56.7 Å². The lowest BCUT2D eigenvalue weighted by Gasteiger charge is -2.18. The highest BCUT2D eigenvalue weighted by Gasteiger charge is 2.23. The third-order valence-corrected chi connectivity index (χ3v) is 11.2. The van der Waals surface area contributed by atoms with Crippen molar-refractivity contribution in [2.24, 2.45) is 0 Å². The van der Waals surface area contributed by atoms with Crippen LogP contribution in [0.5, 0.6) is 0 Å². The molecule has 56 heavy (non-hydrogen) atoms. The summed E-state index contributed by atoms with van der Waals surface area (Å²) in [4.78, 5) is 15.7. The molecule has 0 bridgehead atoms. The van der Waals surface area contributed by atoms with Crippen LogP contribution < -0.4 is 0 Å². The summed E-state index contributed by atoms with van der Waals surface area (Å²) in [6.45, 7) is 0. The Balaban J connectivity index is 1.28. The van der Waals surface area contributed by atoms with Crippen molar-refractivity contribution in [1.82, 2.24) is 19.5 Å². The summed E-state index contributed by atoms with van der Waals surface area (Å²) in [6.07, 6.45) is 0. The molecule has 0 saturated carbocycles. The maximum absolute atomic E-state index is 6.49. The molecule has 3 aromatic heterocycles. The lowest BCUT2D eigenvalue weighted by molar-refractivity contribution is 0.669. The van der Waals surface area contributed by atoms with E-state index in [1.54, 1.807) is 0 Å². The van der Waals surface area contributed by atoms with Crippen molar-refractivity contribution in [3.8, 4) is 39.9 Å². The first kappa shape index (κ1) is 30.8. The number of rotatable bonds is 4. The zero-order chi connectivity index (χ0) is 36.7. The number of aromatic nitrogens is 4. The average Bonchev–Trinajstić information content (AvgIpc) is 3.82. The van der Waals surface area contributed by atoms with Crippen molar-refractivity contribution in [2.45, 2.75) is 0 Å². The molecule has 5 nitrogen and oxygen atoms in total. The molecule has 0 fully saturated rings. The van der Waals surface area contributed by atoms with Gasteiger partial charge in [-0.3, -0.25) is 0 Å². The standard InChI is InChI=1S/C51H30N4O/c1-3-15-31(16-4-1)49-52-50(32-17-5-2-6-18-32)54-51(53-49)42-30-33(29-41-36-21-8-7-19-34(36)35-20-9-10-23-38(35)46(41)42)55-43-25-13-11-22-37(43)39-27-28-45-47(48(39)55)40-24-12-14-26-44(40)56-45/h1-30H. The Labute approximate surface area is 320 Å². The first-order valence-electron chi connectivity index (χ1n) is 18.9. The van der Waals surface area contributed by atoms with Gasteiger partial charge in [-0.05, 0) is 63.3 Å². The van der Waals surface area contributed by atoms with Crippen LogP contribution in [-0.2, 0) is 0 Å². The van der Waals surface area contributed by atoms with E-state index in [1.807, 2.05) is 42.5 Å². The van der Waals surface area contributed by atoms with Gasteiger partial charge in [0.25, 0.3) is 0 Å². The number of para-hydroxylation sites is 2. The summed E-state index contributed by atoms with van der Waals surface area (Å²) in [5.74, 6) is 1.87. The molecule has 0 spiro atoms. The van der Waals surface area contributed by atoms with Crippen molar-refractivity contribution in [3.05, 3.63) is 182 Å². The largest absolute Gasteiger partial charge is 0.456 e.